The highest BCUT2D eigenvalue weighted by Crippen LogP contribution is 2.32. The largest absolute Gasteiger partial charge is 0.481 e. The highest BCUT2D eigenvalue weighted by molar-refractivity contribution is 5.97. The van der Waals surface area contributed by atoms with Crippen LogP contribution in [0.5, 0.6) is 11.5 Å². The van der Waals surface area contributed by atoms with Crippen LogP contribution < -0.4 is 41.5 Å². The molecule has 22 heteroatoms. The number of rotatable bonds is 24. The number of amides is 8. The van der Waals surface area contributed by atoms with E-state index >= 15 is 0 Å². The Kier molecular flexibility index (Phi) is 20.4. The van der Waals surface area contributed by atoms with E-state index in [-0.39, 0.29) is 39.5 Å². The van der Waals surface area contributed by atoms with Crippen LogP contribution in [0.15, 0.2) is 48.5 Å². The van der Waals surface area contributed by atoms with Crippen molar-refractivity contribution in [3.8, 4) is 11.5 Å². The summed E-state index contributed by atoms with van der Waals surface area (Å²) in [5, 5.41) is 32.5. The Balaban J connectivity index is 1.55. The first-order valence-corrected chi connectivity index (χ1v) is 22.6. The molecule has 22 nitrogen and oxygen atoms in total. The molecule has 0 saturated carbocycles. The van der Waals surface area contributed by atoms with Crippen molar-refractivity contribution in [1.82, 2.24) is 41.9 Å². The first-order chi connectivity index (χ1) is 32.3. The first kappa shape index (κ1) is 53.6. The van der Waals surface area contributed by atoms with E-state index < -0.39 is 121 Å². The molecule has 0 unspecified atom stereocenters. The normalized spacial score (nSPS) is 17.1. The molecule has 0 aliphatic carbocycles. The maximum absolute atomic E-state index is 14.7. The molecule has 8 N–H and O–H groups in total. The molecule has 0 aromatic heterocycles. The molecule has 2 heterocycles. The summed E-state index contributed by atoms with van der Waals surface area (Å²) in [5.74, 6) is -7.66. The summed E-state index contributed by atoms with van der Waals surface area (Å²) in [4.78, 5) is 120. The van der Waals surface area contributed by atoms with E-state index in [1.807, 2.05) is 37.3 Å². The summed E-state index contributed by atoms with van der Waals surface area (Å²) in [6.07, 6.45) is -1.68. The molecule has 2 aliphatic rings. The molecule has 68 heavy (non-hydrogen) atoms. The van der Waals surface area contributed by atoms with Crippen molar-refractivity contribution in [3.63, 3.8) is 0 Å². The second-order valence-electron chi connectivity index (χ2n) is 17.1. The zero-order valence-corrected chi connectivity index (χ0v) is 39.2. The zero-order chi connectivity index (χ0) is 50.1. The molecule has 2 aromatic carbocycles. The van der Waals surface area contributed by atoms with Crippen LogP contribution in [0, 0.1) is 11.8 Å². The van der Waals surface area contributed by atoms with Gasteiger partial charge < -0.3 is 55.9 Å². The Bertz CT molecular complexity index is 2110. The van der Waals surface area contributed by atoms with E-state index in [1.165, 1.54) is 4.90 Å². The Labute approximate surface area is 394 Å². The number of likely N-dealkylation sites (tertiary alicyclic amines) is 1. The van der Waals surface area contributed by atoms with Gasteiger partial charge in [0.15, 0.2) is 11.5 Å². The molecule has 0 radical (unpaired) electrons. The van der Waals surface area contributed by atoms with Crippen LogP contribution in [0.1, 0.15) is 91.2 Å². The SMILES string of the molecule is CCCN(NC(=O)[C@@H]1C[C@@H](OCc2ccccc2)CN1C(=O)[C@@H](NC(=O)[C@@H](NC(=O)[C@@H](CCC(=O)O)NC(=O)[C@H](CC(=O)O)NC(C)=O)[C@@H](C)CC)C(C)C)C(=O)NCc1ccc2c(c1)OCO2. The van der Waals surface area contributed by atoms with Crippen LogP contribution in [0.3, 0.4) is 0 Å². The van der Waals surface area contributed by atoms with E-state index in [9.17, 15) is 53.4 Å². The molecule has 372 valence electrons. The van der Waals surface area contributed by atoms with Gasteiger partial charge in [0, 0.05) is 39.4 Å². The molecule has 7 atom stereocenters. The number of carbonyl (C=O) groups is 9. The number of urea groups is 1. The number of aliphatic carboxylic acids is 2. The summed E-state index contributed by atoms with van der Waals surface area (Å²) in [6, 6.07) is 6.99. The van der Waals surface area contributed by atoms with Crippen LogP contribution >= 0.6 is 0 Å². The molecule has 8 amide bonds. The molecular weight excluding hydrogens is 889 g/mol. The third-order valence-electron chi connectivity index (χ3n) is 11.4. The summed E-state index contributed by atoms with van der Waals surface area (Å²) in [7, 11) is 0. The van der Waals surface area contributed by atoms with Gasteiger partial charge >= 0.3 is 18.0 Å². The lowest BCUT2D eigenvalue weighted by Gasteiger charge is -2.33. The van der Waals surface area contributed by atoms with Gasteiger partial charge in [-0.15, -0.1) is 0 Å². The fourth-order valence-electron chi connectivity index (χ4n) is 7.49. The standard InChI is InChI=1S/C46H64N8O14/c1-7-18-54(46(65)47-22-30-14-16-35-36(19-30)68-25-67-35)52-43(62)34-20-31(66-24-29-12-10-9-11-13-29)23-53(34)45(64)39(26(3)4)50-44(63)40(27(5)8-2)51-41(60)32(15-17-37(56)57)49-42(61)33(21-38(58)59)48-28(6)55/h9-14,16,19,26-27,31-34,39-40H,7-8,15,17-18,20-25H2,1-6H3,(H,47,65)(H,48,55)(H,49,61)(H,50,63)(H,51,60)(H,52,62)(H,56,57)(H,58,59)/t27-,31+,32+,33-,34-,39-,40-/m0/s1. The van der Waals surface area contributed by atoms with Crippen molar-refractivity contribution in [3.05, 3.63) is 59.7 Å². The van der Waals surface area contributed by atoms with Crippen LogP contribution in [-0.2, 0) is 56.2 Å². The Morgan fingerprint density at radius 3 is 2.12 bits per heavy atom. The van der Waals surface area contributed by atoms with Gasteiger partial charge in [-0.1, -0.05) is 77.4 Å². The zero-order valence-electron chi connectivity index (χ0n) is 39.2. The van der Waals surface area contributed by atoms with Gasteiger partial charge in [-0.05, 0) is 47.9 Å². The van der Waals surface area contributed by atoms with E-state index in [2.05, 4.69) is 32.0 Å². The van der Waals surface area contributed by atoms with Gasteiger partial charge in [0.2, 0.25) is 36.3 Å². The molecule has 2 aromatic rings. The highest BCUT2D eigenvalue weighted by atomic mass is 16.7. The lowest BCUT2D eigenvalue weighted by atomic mass is 9.95. The molecule has 1 fully saturated rings. The Morgan fingerprint density at radius 1 is 0.809 bits per heavy atom. The minimum absolute atomic E-state index is 0.0478. The number of benzene rings is 2. The van der Waals surface area contributed by atoms with Gasteiger partial charge in [0.05, 0.1) is 19.1 Å². The lowest BCUT2D eigenvalue weighted by Crippen LogP contribution is -2.61. The number of carbonyl (C=O) groups excluding carboxylic acids is 7. The van der Waals surface area contributed by atoms with Gasteiger partial charge in [-0.25, -0.2) is 9.80 Å². The minimum atomic E-state index is -1.60. The molecule has 2 aliphatic heterocycles. The number of hydrogen-bond acceptors (Lipinski definition) is 12. The Morgan fingerprint density at radius 2 is 1.49 bits per heavy atom. The summed E-state index contributed by atoms with van der Waals surface area (Å²) < 4.78 is 17.0. The number of hydrazine groups is 1. The Hall–Kier alpha value is -6.97. The molecule has 0 bridgehead atoms. The van der Waals surface area contributed by atoms with Crippen LogP contribution in [0.2, 0.25) is 0 Å². The average molecular weight is 953 g/mol. The smallest absolute Gasteiger partial charge is 0.336 e. The topological polar surface area (TPSA) is 300 Å². The predicted octanol–water partition coefficient (Wildman–Crippen LogP) is 1.56. The first-order valence-electron chi connectivity index (χ1n) is 22.6. The number of nitrogens with one attached hydrogen (secondary N) is 6. The summed E-state index contributed by atoms with van der Waals surface area (Å²) in [6.45, 7) is 10.1. The maximum Gasteiger partial charge on any atom is 0.336 e. The van der Waals surface area contributed by atoms with Gasteiger partial charge in [0.25, 0.3) is 5.91 Å². The van der Waals surface area contributed by atoms with Crippen molar-refractivity contribution >= 4 is 53.4 Å². The molecule has 4 rings (SSSR count). The van der Waals surface area contributed by atoms with Crippen LogP contribution in [-0.4, -0.2) is 130 Å². The van der Waals surface area contributed by atoms with Crippen molar-refractivity contribution in [2.24, 2.45) is 11.8 Å². The number of fused-ring (bicyclic) bond motifs is 1. The minimum Gasteiger partial charge on any atom is -0.481 e. The van der Waals surface area contributed by atoms with Gasteiger partial charge in [-0.3, -0.25) is 43.8 Å². The van der Waals surface area contributed by atoms with Gasteiger partial charge in [0.1, 0.15) is 30.2 Å². The second kappa shape index (κ2) is 25.8. The average Bonchev–Trinajstić information content (AvgIpc) is 3.96. The predicted molar refractivity (Wildman–Crippen MR) is 242 cm³/mol. The van der Waals surface area contributed by atoms with Crippen molar-refractivity contribution in [2.45, 2.75) is 130 Å². The highest BCUT2D eigenvalue weighted by Gasteiger charge is 2.45. The number of carboxylic acid groups (broad SMARTS) is 2. The summed E-state index contributed by atoms with van der Waals surface area (Å²) >= 11 is 0. The van der Waals surface area contributed by atoms with E-state index in [1.54, 1.807) is 45.9 Å². The van der Waals surface area contributed by atoms with Crippen molar-refractivity contribution in [2.75, 3.05) is 19.9 Å². The van der Waals surface area contributed by atoms with Gasteiger partial charge in [-0.2, -0.15) is 0 Å². The van der Waals surface area contributed by atoms with E-state index in [4.69, 9.17) is 14.2 Å². The number of nitrogens with zero attached hydrogens (tertiary/aromatic N) is 2. The van der Waals surface area contributed by atoms with E-state index in [0.29, 0.717) is 24.3 Å². The van der Waals surface area contributed by atoms with Crippen LogP contribution in [0.4, 0.5) is 4.79 Å². The third-order valence-corrected chi connectivity index (χ3v) is 11.4. The maximum atomic E-state index is 14.7. The number of carboxylic acids is 2. The molecule has 1 saturated heterocycles. The quantitative estimate of drug-likeness (QED) is 0.0694. The fraction of sp³-hybridized carbons (Fsp3) is 0.543. The number of ether oxygens (including phenoxy) is 3. The van der Waals surface area contributed by atoms with Crippen LogP contribution in [0.25, 0.3) is 0 Å². The third kappa shape index (κ3) is 15.8. The second-order valence-corrected chi connectivity index (χ2v) is 17.1. The lowest BCUT2D eigenvalue weighted by molar-refractivity contribution is -0.144. The molecule has 0 spiro atoms. The fourth-order valence-corrected chi connectivity index (χ4v) is 7.49. The van der Waals surface area contributed by atoms with E-state index in [0.717, 1.165) is 23.1 Å². The number of hydrogen-bond donors (Lipinski definition) is 8. The van der Waals surface area contributed by atoms with Crippen molar-refractivity contribution < 1.29 is 67.6 Å². The summed E-state index contributed by atoms with van der Waals surface area (Å²) in [5.41, 5.74) is 4.27. The monoisotopic (exact) mass is 952 g/mol. The molecular formula is C46H64N8O14. The van der Waals surface area contributed by atoms with Crippen molar-refractivity contribution in [1.29, 1.82) is 0 Å².